The van der Waals surface area contributed by atoms with Crippen LogP contribution in [0, 0.1) is 0 Å². The normalized spacial score (nSPS) is 20.1. The molecule has 5 heteroatoms. The second-order valence-electron chi connectivity index (χ2n) is 3.93. The predicted molar refractivity (Wildman–Crippen MR) is 62.4 cm³/mol. The lowest BCUT2D eigenvalue weighted by molar-refractivity contribution is 0.0765. The van der Waals surface area contributed by atoms with Gasteiger partial charge in [0.05, 0.1) is 16.8 Å². The molecule has 1 atom stereocenters. The molecule has 0 radical (unpaired) electrons. The van der Waals surface area contributed by atoms with Crippen LogP contribution in [-0.4, -0.2) is 35.1 Å². The Morgan fingerprint density at radius 3 is 2.88 bits per heavy atom. The number of hydrogen-bond acceptors (Lipinski definition) is 3. The van der Waals surface area contributed by atoms with Crippen molar-refractivity contribution in [2.45, 2.75) is 12.5 Å². The van der Waals surface area contributed by atoms with Gasteiger partial charge in [-0.2, -0.15) is 0 Å². The fourth-order valence-corrected chi connectivity index (χ4v) is 1.90. The minimum Gasteiger partial charge on any atom is -0.398 e. The Hall–Kier alpha value is -1.26. The number of β-amino-alcohol motifs (C(OH)–C–C–N with tert-alkyl or cyclic N) is 1. The number of amides is 1. The molecule has 0 spiro atoms. The highest BCUT2D eigenvalue weighted by Crippen LogP contribution is 2.21. The Morgan fingerprint density at radius 1 is 1.56 bits per heavy atom. The van der Waals surface area contributed by atoms with Gasteiger partial charge in [-0.1, -0.05) is 11.6 Å². The van der Waals surface area contributed by atoms with Crippen molar-refractivity contribution in [1.82, 2.24) is 4.90 Å². The molecule has 1 aliphatic rings. The first-order chi connectivity index (χ1) is 7.58. The second kappa shape index (κ2) is 4.31. The number of hydrogen-bond donors (Lipinski definition) is 2. The van der Waals surface area contributed by atoms with Gasteiger partial charge in [0, 0.05) is 18.7 Å². The van der Waals surface area contributed by atoms with Crippen molar-refractivity contribution in [2.75, 3.05) is 18.8 Å². The van der Waals surface area contributed by atoms with E-state index in [9.17, 15) is 9.90 Å². The summed E-state index contributed by atoms with van der Waals surface area (Å²) in [6.45, 7) is 0.976. The maximum atomic E-state index is 12.0. The Balaban J connectivity index is 2.18. The van der Waals surface area contributed by atoms with Crippen molar-refractivity contribution in [3.05, 3.63) is 28.8 Å². The number of anilines is 1. The zero-order chi connectivity index (χ0) is 11.7. The average Bonchev–Trinajstić information content (AvgIpc) is 2.68. The first kappa shape index (κ1) is 11.2. The van der Waals surface area contributed by atoms with Crippen LogP contribution in [0.4, 0.5) is 5.69 Å². The third kappa shape index (κ3) is 2.13. The van der Waals surface area contributed by atoms with E-state index < -0.39 is 6.10 Å². The van der Waals surface area contributed by atoms with Gasteiger partial charge in [0.15, 0.2) is 0 Å². The van der Waals surface area contributed by atoms with Crippen LogP contribution in [0.2, 0.25) is 5.02 Å². The zero-order valence-corrected chi connectivity index (χ0v) is 9.44. The molecule has 3 N–H and O–H groups in total. The van der Waals surface area contributed by atoms with Crippen molar-refractivity contribution in [1.29, 1.82) is 0 Å². The van der Waals surface area contributed by atoms with Crippen LogP contribution < -0.4 is 5.73 Å². The van der Waals surface area contributed by atoms with E-state index in [2.05, 4.69) is 0 Å². The quantitative estimate of drug-likeness (QED) is 0.724. The predicted octanol–water partition coefficient (Wildman–Crippen LogP) is 1.13. The van der Waals surface area contributed by atoms with Crippen LogP contribution in [0.25, 0.3) is 0 Å². The molecule has 16 heavy (non-hydrogen) atoms. The van der Waals surface area contributed by atoms with Gasteiger partial charge in [-0.15, -0.1) is 0 Å². The summed E-state index contributed by atoms with van der Waals surface area (Å²) in [4.78, 5) is 13.6. The number of carbonyl (C=O) groups is 1. The monoisotopic (exact) mass is 240 g/mol. The molecular weight excluding hydrogens is 228 g/mol. The SMILES string of the molecule is Nc1cc(C(=O)N2CC[C@H](O)C2)ccc1Cl. The summed E-state index contributed by atoms with van der Waals surface area (Å²) in [5.74, 6) is -0.111. The van der Waals surface area contributed by atoms with Gasteiger partial charge in [-0.25, -0.2) is 0 Å². The molecule has 0 aromatic heterocycles. The zero-order valence-electron chi connectivity index (χ0n) is 8.69. The molecule has 1 heterocycles. The number of carbonyl (C=O) groups excluding carboxylic acids is 1. The number of likely N-dealkylation sites (tertiary alicyclic amines) is 1. The topological polar surface area (TPSA) is 66.6 Å². The molecular formula is C11H13ClN2O2. The van der Waals surface area contributed by atoms with Crippen molar-refractivity contribution in [3.8, 4) is 0 Å². The van der Waals surface area contributed by atoms with Gasteiger partial charge in [-0.05, 0) is 24.6 Å². The van der Waals surface area contributed by atoms with Gasteiger partial charge in [0.1, 0.15) is 0 Å². The average molecular weight is 241 g/mol. The van der Waals surface area contributed by atoms with E-state index in [-0.39, 0.29) is 5.91 Å². The lowest BCUT2D eigenvalue weighted by Crippen LogP contribution is -2.29. The molecule has 1 aromatic carbocycles. The molecule has 1 fully saturated rings. The first-order valence-electron chi connectivity index (χ1n) is 5.10. The Labute approximate surface area is 98.6 Å². The van der Waals surface area contributed by atoms with Gasteiger partial charge in [0.2, 0.25) is 0 Å². The molecule has 0 aliphatic carbocycles. The maximum absolute atomic E-state index is 12.0. The summed E-state index contributed by atoms with van der Waals surface area (Å²) in [6.07, 6.45) is 0.225. The summed E-state index contributed by atoms with van der Waals surface area (Å²) < 4.78 is 0. The number of nitrogens with zero attached hydrogens (tertiary/aromatic N) is 1. The van der Waals surface area contributed by atoms with Crippen LogP contribution >= 0.6 is 11.6 Å². The summed E-state index contributed by atoms with van der Waals surface area (Å²) in [6, 6.07) is 4.82. The van der Waals surface area contributed by atoms with E-state index in [4.69, 9.17) is 17.3 Å². The summed E-state index contributed by atoms with van der Waals surface area (Å²) in [5, 5.41) is 9.80. The van der Waals surface area contributed by atoms with Crippen molar-refractivity contribution in [2.24, 2.45) is 0 Å². The second-order valence-corrected chi connectivity index (χ2v) is 4.34. The maximum Gasteiger partial charge on any atom is 0.254 e. The summed E-state index contributed by atoms with van der Waals surface area (Å²) in [7, 11) is 0. The minimum absolute atomic E-state index is 0.111. The van der Waals surface area contributed by atoms with E-state index >= 15 is 0 Å². The minimum atomic E-state index is -0.409. The lowest BCUT2D eigenvalue weighted by Gasteiger charge is -2.15. The summed E-state index contributed by atoms with van der Waals surface area (Å²) in [5.41, 5.74) is 6.54. The smallest absolute Gasteiger partial charge is 0.254 e. The fourth-order valence-electron chi connectivity index (χ4n) is 1.79. The number of rotatable bonds is 1. The summed E-state index contributed by atoms with van der Waals surface area (Å²) >= 11 is 5.78. The molecule has 2 rings (SSSR count). The van der Waals surface area contributed by atoms with E-state index in [0.717, 1.165) is 0 Å². The Kier molecular flexibility index (Phi) is 3.03. The first-order valence-corrected chi connectivity index (χ1v) is 5.48. The van der Waals surface area contributed by atoms with Crippen LogP contribution in [0.15, 0.2) is 18.2 Å². The number of benzene rings is 1. The molecule has 1 aliphatic heterocycles. The number of nitrogen functional groups attached to an aromatic ring is 1. The van der Waals surface area contributed by atoms with Crippen molar-refractivity contribution >= 4 is 23.2 Å². The Morgan fingerprint density at radius 2 is 2.31 bits per heavy atom. The molecule has 4 nitrogen and oxygen atoms in total. The molecule has 1 aromatic rings. The highest BCUT2D eigenvalue weighted by molar-refractivity contribution is 6.33. The third-order valence-electron chi connectivity index (χ3n) is 2.69. The number of nitrogens with two attached hydrogens (primary N) is 1. The van der Waals surface area contributed by atoms with Crippen LogP contribution in [0.5, 0.6) is 0 Å². The molecule has 1 amide bonds. The van der Waals surface area contributed by atoms with E-state index in [1.807, 2.05) is 0 Å². The highest BCUT2D eigenvalue weighted by Gasteiger charge is 2.25. The lowest BCUT2D eigenvalue weighted by atomic mass is 10.2. The van der Waals surface area contributed by atoms with Crippen LogP contribution in [-0.2, 0) is 0 Å². The molecule has 0 saturated carbocycles. The fraction of sp³-hybridized carbons (Fsp3) is 0.364. The van der Waals surface area contributed by atoms with Crippen molar-refractivity contribution < 1.29 is 9.90 Å². The molecule has 0 bridgehead atoms. The standard InChI is InChI=1S/C11H13ClN2O2/c12-9-2-1-7(5-10(9)13)11(16)14-4-3-8(15)6-14/h1-2,5,8,15H,3-4,6,13H2/t8-/m0/s1. The highest BCUT2D eigenvalue weighted by atomic mass is 35.5. The van der Waals surface area contributed by atoms with Gasteiger partial charge >= 0.3 is 0 Å². The third-order valence-corrected chi connectivity index (χ3v) is 3.04. The van der Waals surface area contributed by atoms with Gasteiger partial charge < -0.3 is 15.7 Å². The van der Waals surface area contributed by atoms with Gasteiger partial charge in [-0.3, -0.25) is 4.79 Å². The Bertz CT molecular complexity index is 422. The number of halogens is 1. The van der Waals surface area contributed by atoms with E-state index in [1.165, 1.54) is 0 Å². The van der Waals surface area contributed by atoms with Crippen molar-refractivity contribution in [3.63, 3.8) is 0 Å². The molecule has 86 valence electrons. The largest absolute Gasteiger partial charge is 0.398 e. The van der Waals surface area contributed by atoms with Gasteiger partial charge in [0.25, 0.3) is 5.91 Å². The number of aliphatic hydroxyl groups excluding tert-OH is 1. The molecule has 1 saturated heterocycles. The van der Waals surface area contributed by atoms with Crippen LogP contribution in [0.1, 0.15) is 16.8 Å². The number of aliphatic hydroxyl groups is 1. The van der Waals surface area contributed by atoms with Crippen LogP contribution in [0.3, 0.4) is 0 Å². The molecule has 0 unspecified atom stereocenters. The van der Waals surface area contributed by atoms with E-state index in [1.54, 1.807) is 23.1 Å². The van der Waals surface area contributed by atoms with E-state index in [0.29, 0.717) is 35.8 Å².